The Morgan fingerprint density at radius 2 is 1.91 bits per heavy atom. The zero-order valence-corrected chi connectivity index (χ0v) is 20.0. The smallest absolute Gasteiger partial charge is 0.345 e. The Hall–Kier alpha value is -4.16. The minimum atomic E-state index is -0.979. The number of unbranched alkanes of at least 4 members (excludes halogenated alkanes) is 1. The maximum atomic E-state index is 12.9. The van der Waals surface area contributed by atoms with E-state index in [1.807, 2.05) is 6.92 Å². The molecule has 0 bridgehead atoms. The van der Waals surface area contributed by atoms with Gasteiger partial charge in [0, 0.05) is 19.2 Å². The van der Waals surface area contributed by atoms with Gasteiger partial charge in [0.25, 0.3) is 11.2 Å². The molecule has 0 atom stereocenters. The van der Waals surface area contributed by atoms with Gasteiger partial charge in [-0.2, -0.15) is 0 Å². The number of nitrogens with zero attached hydrogens (tertiary/aromatic N) is 4. The van der Waals surface area contributed by atoms with E-state index in [2.05, 4.69) is 9.97 Å². The highest BCUT2D eigenvalue weighted by molar-refractivity contribution is 5.95. The monoisotopic (exact) mass is 489 g/mol. The van der Waals surface area contributed by atoms with Crippen LogP contribution in [0.2, 0.25) is 0 Å². The molecule has 2 aromatic heterocycles. The van der Waals surface area contributed by atoms with E-state index in [1.165, 1.54) is 22.3 Å². The number of fused-ring (bicyclic) bond motifs is 1. The minimum Gasteiger partial charge on any atom is -0.493 e. The van der Waals surface area contributed by atoms with Crippen LogP contribution in [0.1, 0.15) is 49.8 Å². The lowest BCUT2D eigenvalue weighted by Crippen LogP contribution is -2.31. The van der Waals surface area contributed by atoms with Gasteiger partial charge in [-0.05, 0) is 20.3 Å². The Bertz CT molecular complexity index is 1370. The molecule has 0 spiro atoms. The van der Waals surface area contributed by atoms with Crippen molar-refractivity contribution < 1.29 is 23.9 Å². The molecular weight excluding hydrogens is 462 g/mol. The van der Waals surface area contributed by atoms with Crippen molar-refractivity contribution in [3.63, 3.8) is 0 Å². The number of imidazole rings is 1. The highest BCUT2D eigenvalue weighted by Crippen LogP contribution is 2.35. The number of carbonyl (C=O) groups excluding carboxylic acids is 1. The summed E-state index contributed by atoms with van der Waals surface area (Å²) in [5.74, 6) is -0.502. The molecule has 3 rings (SSSR count). The third-order valence-electron chi connectivity index (χ3n) is 5.35. The number of methoxy groups -OCH3 is 1. The number of hydrogen-bond acceptors (Lipinski definition) is 9. The Balaban J connectivity index is 2.00. The highest BCUT2D eigenvalue weighted by atomic mass is 16.6. The fourth-order valence-electron chi connectivity index (χ4n) is 3.69. The lowest BCUT2D eigenvalue weighted by molar-refractivity contribution is -0.385. The first-order valence-electron chi connectivity index (χ1n) is 11.2. The second kappa shape index (κ2) is 10.8. The maximum absolute atomic E-state index is 12.9. The average molecular weight is 489 g/mol. The minimum absolute atomic E-state index is 0.104. The number of hydrogen-bond donors (Lipinski definition) is 1. The van der Waals surface area contributed by atoms with Crippen LogP contribution in [-0.2, 0) is 24.4 Å². The molecule has 13 nitrogen and oxygen atoms in total. The molecule has 0 amide bonds. The highest BCUT2D eigenvalue weighted by Gasteiger charge is 2.27. The molecule has 0 aliphatic rings. The number of nitro benzene ring substituents is 1. The van der Waals surface area contributed by atoms with Crippen LogP contribution < -0.4 is 20.7 Å². The van der Waals surface area contributed by atoms with Crippen LogP contribution in [0.3, 0.4) is 0 Å². The molecule has 0 saturated heterocycles. The van der Waals surface area contributed by atoms with Crippen molar-refractivity contribution in [3.8, 4) is 11.5 Å². The summed E-state index contributed by atoms with van der Waals surface area (Å²) in [6.07, 6.45) is 1.53. The zero-order chi connectivity index (χ0) is 25.7. The summed E-state index contributed by atoms with van der Waals surface area (Å²) in [4.78, 5) is 55.3. The van der Waals surface area contributed by atoms with Crippen LogP contribution in [0.4, 0.5) is 5.69 Å². The van der Waals surface area contributed by atoms with E-state index in [9.17, 15) is 24.5 Å². The lowest BCUT2D eigenvalue weighted by atomic mass is 10.1. The Morgan fingerprint density at radius 1 is 1.17 bits per heavy atom. The first-order chi connectivity index (χ1) is 16.8. The normalized spacial score (nSPS) is 11.0. The molecule has 2 heterocycles. The van der Waals surface area contributed by atoms with Crippen LogP contribution in [-0.4, -0.2) is 43.7 Å². The summed E-state index contributed by atoms with van der Waals surface area (Å²) >= 11 is 0. The second-order valence-corrected chi connectivity index (χ2v) is 7.50. The molecule has 3 aromatic rings. The first kappa shape index (κ1) is 25.5. The maximum Gasteiger partial charge on any atom is 0.345 e. The van der Waals surface area contributed by atoms with Crippen molar-refractivity contribution in [2.24, 2.45) is 0 Å². The van der Waals surface area contributed by atoms with Crippen LogP contribution in [0.5, 0.6) is 11.5 Å². The predicted molar refractivity (Wildman–Crippen MR) is 125 cm³/mol. The Labute approximate surface area is 199 Å². The zero-order valence-electron chi connectivity index (χ0n) is 20.0. The van der Waals surface area contributed by atoms with E-state index < -0.39 is 27.8 Å². The predicted octanol–water partition coefficient (Wildman–Crippen LogP) is 2.38. The molecule has 1 aromatic carbocycles. The summed E-state index contributed by atoms with van der Waals surface area (Å²) in [7, 11) is 1.33. The molecular formula is C22H27N5O8. The van der Waals surface area contributed by atoms with Crippen molar-refractivity contribution in [2.75, 3.05) is 13.7 Å². The van der Waals surface area contributed by atoms with Gasteiger partial charge in [-0.25, -0.2) is 14.6 Å². The number of nitro groups is 1. The number of ether oxygens (including phenoxy) is 3. The van der Waals surface area contributed by atoms with Crippen molar-refractivity contribution in [2.45, 2.75) is 53.3 Å². The number of aromatic amines is 1. The number of benzene rings is 1. The van der Waals surface area contributed by atoms with E-state index in [4.69, 9.17) is 14.2 Å². The summed E-state index contributed by atoms with van der Waals surface area (Å²) < 4.78 is 18.8. The number of aryl methyl sites for hydroxylation is 2. The van der Waals surface area contributed by atoms with Crippen LogP contribution >= 0.6 is 0 Å². The van der Waals surface area contributed by atoms with Gasteiger partial charge in [0.15, 0.2) is 22.7 Å². The topological polar surface area (TPSA) is 161 Å². The summed E-state index contributed by atoms with van der Waals surface area (Å²) in [6, 6.07) is 2.29. The molecule has 13 heteroatoms. The standard InChI is InChI=1S/C22H27N5O8/c1-5-8-9-26-19-18(20(28)24-22(26)30)25(6-2)17(23-19)12-35-21(29)13-10-16(34-7-3)15(33-4)11-14(13)27(31)32/h10-11H,5-9,12H2,1-4H3,(H,24,28,30). The average Bonchev–Trinajstić information content (AvgIpc) is 3.21. The molecule has 1 N–H and O–H groups in total. The van der Waals surface area contributed by atoms with E-state index >= 15 is 0 Å². The third-order valence-corrected chi connectivity index (χ3v) is 5.35. The largest absolute Gasteiger partial charge is 0.493 e. The molecule has 0 fully saturated rings. The molecule has 0 aliphatic carbocycles. The van der Waals surface area contributed by atoms with Gasteiger partial charge in [-0.15, -0.1) is 0 Å². The fraction of sp³-hybridized carbons (Fsp3) is 0.455. The lowest BCUT2D eigenvalue weighted by Gasteiger charge is -2.12. The summed E-state index contributed by atoms with van der Waals surface area (Å²) in [5.41, 5.74) is -1.63. The number of esters is 1. The third kappa shape index (κ3) is 5.03. The summed E-state index contributed by atoms with van der Waals surface area (Å²) in [6.45, 7) is 6.01. The van der Waals surface area contributed by atoms with E-state index in [0.29, 0.717) is 19.5 Å². The number of nitrogens with one attached hydrogen (secondary N) is 1. The number of carbonyl (C=O) groups is 1. The van der Waals surface area contributed by atoms with Crippen LogP contribution in [0.25, 0.3) is 11.2 Å². The molecule has 0 radical (unpaired) electrons. The van der Waals surface area contributed by atoms with Gasteiger partial charge in [-0.3, -0.25) is 24.5 Å². The van der Waals surface area contributed by atoms with Crippen molar-refractivity contribution in [1.29, 1.82) is 0 Å². The molecule has 188 valence electrons. The van der Waals surface area contributed by atoms with Crippen molar-refractivity contribution in [1.82, 2.24) is 19.1 Å². The van der Waals surface area contributed by atoms with E-state index in [1.54, 1.807) is 13.8 Å². The molecule has 0 aliphatic heterocycles. The van der Waals surface area contributed by atoms with Crippen LogP contribution in [0, 0.1) is 10.1 Å². The van der Waals surface area contributed by atoms with Gasteiger partial charge in [0.1, 0.15) is 18.0 Å². The van der Waals surface area contributed by atoms with Gasteiger partial charge in [-0.1, -0.05) is 13.3 Å². The van der Waals surface area contributed by atoms with Gasteiger partial charge >= 0.3 is 11.7 Å². The fourth-order valence-corrected chi connectivity index (χ4v) is 3.69. The van der Waals surface area contributed by atoms with Gasteiger partial charge in [0.2, 0.25) is 0 Å². The molecule has 35 heavy (non-hydrogen) atoms. The number of rotatable bonds is 11. The molecule has 0 unspecified atom stereocenters. The van der Waals surface area contributed by atoms with E-state index in [0.717, 1.165) is 12.5 Å². The van der Waals surface area contributed by atoms with Crippen molar-refractivity contribution in [3.05, 3.63) is 54.5 Å². The quantitative estimate of drug-likeness (QED) is 0.242. The SMILES string of the molecule is CCCCn1c(=O)[nH]c(=O)c2c1nc(COC(=O)c1cc(OCC)c(OC)cc1[N+](=O)[O-])n2CC. The van der Waals surface area contributed by atoms with E-state index in [-0.39, 0.29) is 47.3 Å². The Morgan fingerprint density at radius 3 is 2.51 bits per heavy atom. The van der Waals surface area contributed by atoms with Gasteiger partial charge in [0.05, 0.1) is 24.7 Å². The van der Waals surface area contributed by atoms with Crippen molar-refractivity contribution >= 4 is 22.8 Å². The molecule has 0 saturated carbocycles. The second-order valence-electron chi connectivity index (χ2n) is 7.50. The number of H-pyrrole nitrogens is 1. The van der Waals surface area contributed by atoms with Gasteiger partial charge < -0.3 is 18.8 Å². The number of aromatic nitrogens is 4. The summed E-state index contributed by atoms with van der Waals surface area (Å²) in [5, 5.41) is 11.6. The first-order valence-corrected chi connectivity index (χ1v) is 11.2. The van der Waals surface area contributed by atoms with Crippen LogP contribution in [0.15, 0.2) is 21.7 Å². The Kier molecular flexibility index (Phi) is 7.89.